The van der Waals surface area contributed by atoms with Gasteiger partial charge >= 0.3 is 0 Å². The lowest BCUT2D eigenvalue weighted by Crippen LogP contribution is -1.98. The van der Waals surface area contributed by atoms with Crippen LogP contribution < -0.4 is 5.32 Å². The molecule has 92 valence electrons. The summed E-state index contributed by atoms with van der Waals surface area (Å²) in [7, 11) is 0. The molecule has 1 N–H and O–H groups in total. The molecule has 18 heavy (non-hydrogen) atoms. The lowest BCUT2D eigenvalue weighted by Gasteiger charge is -1.95. The van der Waals surface area contributed by atoms with E-state index in [9.17, 15) is 0 Å². The number of nitrogens with zero attached hydrogens (tertiary/aromatic N) is 3. The van der Waals surface area contributed by atoms with Crippen molar-refractivity contribution in [3.63, 3.8) is 0 Å². The lowest BCUT2D eigenvalue weighted by molar-refractivity contribution is 0.379. The van der Waals surface area contributed by atoms with Crippen LogP contribution in [0, 0.1) is 6.92 Å². The summed E-state index contributed by atoms with van der Waals surface area (Å²) >= 11 is 7.48. The number of thiazole rings is 1. The first kappa shape index (κ1) is 11.4. The standard InChI is InChI=1S/C11H9ClN4OS/c1-6-14-10(17-16-6)5-13-11-15-8-4-7(12)2-3-9(8)18-11/h2-4H,5H2,1H3,(H,13,15). The van der Waals surface area contributed by atoms with Crippen LogP contribution in [0.15, 0.2) is 22.7 Å². The van der Waals surface area contributed by atoms with Crippen LogP contribution in [0.1, 0.15) is 11.7 Å². The summed E-state index contributed by atoms with van der Waals surface area (Å²) in [6.07, 6.45) is 0. The fourth-order valence-corrected chi connectivity index (χ4v) is 2.55. The lowest BCUT2D eigenvalue weighted by atomic mass is 10.3. The molecule has 1 aromatic carbocycles. The first-order valence-electron chi connectivity index (χ1n) is 5.30. The molecule has 0 aliphatic rings. The number of halogens is 1. The van der Waals surface area contributed by atoms with Gasteiger partial charge in [-0.2, -0.15) is 4.98 Å². The third-order valence-corrected chi connectivity index (χ3v) is 3.54. The van der Waals surface area contributed by atoms with E-state index in [1.165, 1.54) is 0 Å². The molecule has 0 atom stereocenters. The van der Waals surface area contributed by atoms with E-state index >= 15 is 0 Å². The molecule has 2 aromatic heterocycles. The molecule has 0 amide bonds. The van der Waals surface area contributed by atoms with E-state index < -0.39 is 0 Å². The van der Waals surface area contributed by atoms with E-state index in [1.807, 2.05) is 18.2 Å². The molecule has 2 heterocycles. The molecule has 3 aromatic rings. The normalized spacial score (nSPS) is 11.0. The van der Waals surface area contributed by atoms with Crippen molar-refractivity contribution in [2.45, 2.75) is 13.5 Å². The molecule has 0 aliphatic carbocycles. The summed E-state index contributed by atoms with van der Waals surface area (Å²) < 4.78 is 6.10. The number of fused-ring (bicyclic) bond motifs is 1. The van der Waals surface area contributed by atoms with Crippen LogP contribution in [0.2, 0.25) is 5.02 Å². The highest BCUT2D eigenvalue weighted by atomic mass is 35.5. The van der Waals surface area contributed by atoms with Crippen LogP contribution in [-0.4, -0.2) is 15.1 Å². The Morgan fingerprint density at radius 1 is 1.39 bits per heavy atom. The Bertz CT molecular complexity index is 693. The van der Waals surface area contributed by atoms with Crippen molar-refractivity contribution in [2.75, 3.05) is 5.32 Å². The summed E-state index contributed by atoms with van der Waals surface area (Å²) in [6.45, 7) is 2.25. The molecule has 5 nitrogen and oxygen atoms in total. The Morgan fingerprint density at radius 2 is 2.28 bits per heavy atom. The number of anilines is 1. The molecule has 0 saturated heterocycles. The second-order valence-corrected chi connectivity index (χ2v) is 5.19. The summed E-state index contributed by atoms with van der Waals surface area (Å²) in [5, 5.41) is 8.37. The SMILES string of the molecule is Cc1noc(CNc2nc3cc(Cl)ccc3s2)n1. The first-order valence-corrected chi connectivity index (χ1v) is 6.49. The Morgan fingerprint density at radius 3 is 3.06 bits per heavy atom. The number of hydrogen-bond donors (Lipinski definition) is 1. The molecule has 0 unspecified atom stereocenters. The Labute approximate surface area is 112 Å². The Kier molecular flexibility index (Phi) is 2.89. The predicted molar refractivity (Wildman–Crippen MR) is 71.0 cm³/mol. The van der Waals surface area contributed by atoms with Gasteiger partial charge < -0.3 is 9.84 Å². The highest BCUT2D eigenvalue weighted by Crippen LogP contribution is 2.28. The minimum absolute atomic E-state index is 0.467. The quantitative estimate of drug-likeness (QED) is 0.798. The minimum Gasteiger partial charge on any atom is -0.352 e. The third-order valence-electron chi connectivity index (χ3n) is 2.31. The minimum atomic E-state index is 0.467. The summed E-state index contributed by atoms with van der Waals surface area (Å²) in [5.41, 5.74) is 0.886. The van der Waals surface area contributed by atoms with Crippen LogP contribution in [0.25, 0.3) is 10.2 Å². The zero-order valence-electron chi connectivity index (χ0n) is 9.48. The Hall–Kier alpha value is -1.66. The Balaban J connectivity index is 1.78. The van der Waals surface area contributed by atoms with Gasteiger partial charge in [-0.3, -0.25) is 0 Å². The van der Waals surface area contributed by atoms with Crippen molar-refractivity contribution in [3.05, 3.63) is 34.9 Å². The van der Waals surface area contributed by atoms with E-state index in [4.69, 9.17) is 16.1 Å². The molecule has 0 saturated carbocycles. The van der Waals surface area contributed by atoms with Gasteiger partial charge in [0.15, 0.2) is 11.0 Å². The molecular weight excluding hydrogens is 272 g/mol. The molecule has 7 heteroatoms. The molecule has 0 fully saturated rings. The number of aromatic nitrogens is 3. The highest BCUT2D eigenvalue weighted by Gasteiger charge is 2.06. The van der Waals surface area contributed by atoms with Crippen LogP contribution in [0.5, 0.6) is 0 Å². The van der Waals surface area contributed by atoms with Crippen molar-refractivity contribution in [1.82, 2.24) is 15.1 Å². The van der Waals surface area contributed by atoms with Gasteiger partial charge in [-0.25, -0.2) is 4.98 Å². The number of hydrogen-bond acceptors (Lipinski definition) is 6. The van der Waals surface area contributed by atoms with Gasteiger partial charge in [0.25, 0.3) is 0 Å². The van der Waals surface area contributed by atoms with Gasteiger partial charge in [-0.05, 0) is 25.1 Å². The van der Waals surface area contributed by atoms with E-state index in [2.05, 4.69) is 20.4 Å². The summed E-state index contributed by atoms with van der Waals surface area (Å²) in [4.78, 5) is 8.54. The highest BCUT2D eigenvalue weighted by molar-refractivity contribution is 7.22. The van der Waals surface area contributed by atoms with Crippen molar-refractivity contribution < 1.29 is 4.52 Å². The molecule has 0 radical (unpaired) electrons. The zero-order valence-corrected chi connectivity index (χ0v) is 11.0. The average Bonchev–Trinajstić information content (AvgIpc) is 2.92. The predicted octanol–water partition coefficient (Wildman–Crippen LogP) is 3.25. The number of aryl methyl sites for hydroxylation is 1. The molecular formula is C11H9ClN4OS. The fraction of sp³-hybridized carbons (Fsp3) is 0.182. The smallest absolute Gasteiger partial charge is 0.246 e. The van der Waals surface area contributed by atoms with E-state index in [0.717, 1.165) is 15.3 Å². The van der Waals surface area contributed by atoms with Gasteiger partial charge in [0, 0.05) is 5.02 Å². The van der Waals surface area contributed by atoms with Crippen LogP contribution in [-0.2, 0) is 6.54 Å². The second kappa shape index (κ2) is 4.55. The van der Waals surface area contributed by atoms with Crippen LogP contribution >= 0.6 is 22.9 Å². The van der Waals surface area contributed by atoms with Crippen molar-refractivity contribution in [2.24, 2.45) is 0 Å². The van der Waals surface area contributed by atoms with Gasteiger partial charge in [-0.1, -0.05) is 28.1 Å². The summed E-state index contributed by atoms with van der Waals surface area (Å²) in [5.74, 6) is 1.17. The molecule has 0 bridgehead atoms. The maximum atomic E-state index is 5.91. The van der Waals surface area contributed by atoms with Crippen molar-refractivity contribution >= 4 is 38.3 Å². The maximum Gasteiger partial charge on any atom is 0.246 e. The number of benzene rings is 1. The van der Waals surface area contributed by atoms with E-state index in [0.29, 0.717) is 23.3 Å². The van der Waals surface area contributed by atoms with Crippen LogP contribution in [0.4, 0.5) is 5.13 Å². The zero-order chi connectivity index (χ0) is 12.5. The number of nitrogens with one attached hydrogen (secondary N) is 1. The largest absolute Gasteiger partial charge is 0.352 e. The monoisotopic (exact) mass is 280 g/mol. The summed E-state index contributed by atoms with van der Waals surface area (Å²) in [6, 6.07) is 5.65. The van der Waals surface area contributed by atoms with Crippen molar-refractivity contribution in [1.29, 1.82) is 0 Å². The van der Waals surface area contributed by atoms with Gasteiger partial charge in [0.2, 0.25) is 5.89 Å². The second-order valence-electron chi connectivity index (χ2n) is 3.72. The van der Waals surface area contributed by atoms with Crippen LogP contribution in [0.3, 0.4) is 0 Å². The topological polar surface area (TPSA) is 63.8 Å². The van der Waals surface area contributed by atoms with Gasteiger partial charge in [0.05, 0.1) is 16.8 Å². The fourth-order valence-electron chi connectivity index (χ4n) is 1.54. The molecule has 3 rings (SSSR count). The van der Waals surface area contributed by atoms with E-state index in [-0.39, 0.29) is 0 Å². The van der Waals surface area contributed by atoms with E-state index in [1.54, 1.807) is 18.3 Å². The average molecular weight is 281 g/mol. The third kappa shape index (κ3) is 2.30. The number of rotatable bonds is 3. The molecule has 0 spiro atoms. The van der Waals surface area contributed by atoms with Gasteiger partial charge in [-0.15, -0.1) is 0 Å². The maximum absolute atomic E-state index is 5.91. The van der Waals surface area contributed by atoms with Gasteiger partial charge in [0.1, 0.15) is 0 Å². The first-order chi connectivity index (χ1) is 8.70. The van der Waals surface area contributed by atoms with Crippen molar-refractivity contribution in [3.8, 4) is 0 Å². The molecule has 0 aliphatic heterocycles.